The summed E-state index contributed by atoms with van der Waals surface area (Å²) in [5.41, 5.74) is 0. The minimum absolute atomic E-state index is 1.22. The SMILES string of the molecule is CNC.[CH2]=[V]([I])([I])[I]. The fourth-order valence-corrected chi connectivity index (χ4v) is 0. The summed E-state index contributed by atoms with van der Waals surface area (Å²) in [6.07, 6.45) is 0. The first-order chi connectivity index (χ1) is 3.41. The first kappa shape index (κ1) is 13.2. The van der Waals surface area contributed by atoms with Crippen molar-refractivity contribution in [3.63, 3.8) is 0 Å². The number of nitrogens with one attached hydrogen (secondary N) is 1. The summed E-state index contributed by atoms with van der Waals surface area (Å²) in [7, 11) is 3.75. The zero-order chi connectivity index (χ0) is 7.21. The molecular formula is C3H9I3NV. The molecule has 0 rings (SSSR count). The van der Waals surface area contributed by atoms with Crippen molar-refractivity contribution in [2.24, 2.45) is 0 Å². The second kappa shape index (κ2) is 7.71. The van der Waals surface area contributed by atoms with Crippen molar-refractivity contribution in [3.05, 3.63) is 0 Å². The fraction of sp³-hybridized carbons (Fsp3) is 0.667. The molecule has 1 nitrogen and oxygen atoms in total. The fourth-order valence-electron chi connectivity index (χ4n) is 0. The van der Waals surface area contributed by atoms with E-state index in [1.165, 1.54) is 0 Å². The van der Waals surface area contributed by atoms with Crippen LogP contribution in [0.3, 0.4) is 0 Å². The number of halogens is 3. The summed E-state index contributed by atoms with van der Waals surface area (Å²) in [6.45, 7) is 0. The molecule has 0 saturated heterocycles. The molecule has 0 aliphatic heterocycles. The van der Waals surface area contributed by atoms with Crippen LogP contribution in [0.2, 0.25) is 0 Å². The van der Waals surface area contributed by atoms with Crippen LogP contribution < -0.4 is 5.32 Å². The minimum atomic E-state index is -1.22. The van der Waals surface area contributed by atoms with Crippen LogP contribution in [-0.2, 0) is 3.34 Å². The molecule has 0 amide bonds. The van der Waals surface area contributed by atoms with E-state index in [0.717, 1.165) is 0 Å². The van der Waals surface area contributed by atoms with Gasteiger partial charge in [-0.3, -0.25) is 0 Å². The van der Waals surface area contributed by atoms with Crippen LogP contribution in [0.4, 0.5) is 0 Å². The van der Waals surface area contributed by atoms with Gasteiger partial charge in [0, 0.05) is 0 Å². The normalized spacial score (nSPS) is 9.62. The molecule has 0 aliphatic rings. The van der Waals surface area contributed by atoms with Gasteiger partial charge in [-0.25, -0.2) is 0 Å². The molecular weight excluding hydrogens is 482 g/mol. The molecule has 0 unspecified atom stereocenters. The third kappa shape index (κ3) is 73.4. The molecule has 52 valence electrons. The molecule has 0 atom stereocenters. The molecule has 0 fully saturated rings. The van der Waals surface area contributed by atoms with Crippen LogP contribution >= 0.6 is 59.9 Å². The topological polar surface area (TPSA) is 12.0 Å². The van der Waals surface area contributed by atoms with Gasteiger partial charge >= 0.3 is 68.5 Å². The Balaban J connectivity index is 0. The Morgan fingerprint density at radius 2 is 1.25 bits per heavy atom. The standard InChI is InChI=1S/C2H7N.CH2.3HI.V/c1-3-2;;;;;/h3H,1-2H3;1H2;3*1H;/q;;;;;+3/p-3. The second-order valence-electron chi connectivity index (χ2n) is 1.05. The van der Waals surface area contributed by atoms with E-state index in [0.29, 0.717) is 0 Å². The average Bonchev–Trinajstić information content (AvgIpc) is 1.27. The van der Waals surface area contributed by atoms with Gasteiger partial charge in [0.2, 0.25) is 0 Å². The molecule has 0 radical (unpaired) electrons. The Morgan fingerprint density at radius 3 is 1.25 bits per heavy atom. The molecule has 0 spiro atoms. The van der Waals surface area contributed by atoms with Crippen molar-refractivity contribution in [3.8, 4) is 0 Å². The van der Waals surface area contributed by atoms with E-state index >= 15 is 0 Å². The van der Waals surface area contributed by atoms with Crippen molar-refractivity contribution in [1.82, 2.24) is 5.32 Å². The van der Waals surface area contributed by atoms with Crippen molar-refractivity contribution >= 4 is 65.2 Å². The van der Waals surface area contributed by atoms with Gasteiger partial charge in [0.05, 0.1) is 0 Å². The summed E-state index contributed by atoms with van der Waals surface area (Å²) in [4.78, 5) is 0. The van der Waals surface area contributed by atoms with Crippen molar-refractivity contribution in [2.45, 2.75) is 0 Å². The van der Waals surface area contributed by atoms with E-state index in [1.54, 1.807) is 0 Å². The molecule has 0 aliphatic carbocycles. The zero-order valence-corrected chi connectivity index (χ0v) is 12.7. The summed E-state index contributed by atoms with van der Waals surface area (Å²) in [5, 5.41) is 6.65. The molecule has 8 heavy (non-hydrogen) atoms. The van der Waals surface area contributed by atoms with Gasteiger partial charge in [0.1, 0.15) is 0 Å². The van der Waals surface area contributed by atoms with Gasteiger partial charge in [0.25, 0.3) is 0 Å². The van der Waals surface area contributed by atoms with Gasteiger partial charge in [-0.2, -0.15) is 0 Å². The number of hydrogen-bond acceptors (Lipinski definition) is 1. The molecule has 0 aromatic carbocycles. The van der Waals surface area contributed by atoms with Gasteiger partial charge in [-0.15, -0.1) is 0 Å². The summed E-state index contributed by atoms with van der Waals surface area (Å²) in [5.74, 6) is 0. The van der Waals surface area contributed by atoms with E-state index < -0.39 is 3.34 Å². The molecule has 5 heteroatoms. The molecule has 0 bridgehead atoms. The maximum atomic E-state index is 3.90. The Kier molecular flexibility index (Phi) is 12.7. The van der Waals surface area contributed by atoms with Gasteiger partial charge in [-0.1, -0.05) is 0 Å². The van der Waals surface area contributed by atoms with E-state index in [9.17, 15) is 0 Å². The summed E-state index contributed by atoms with van der Waals surface area (Å²) in [6, 6.07) is 0. The van der Waals surface area contributed by atoms with Gasteiger partial charge in [-0.05, 0) is 14.1 Å². The third-order valence-corrected chi connectivity index (χ3v) is 0. The van der Waals surface area contributed by atoms with Crippen LogP contribution in [0.1, 0.15) is 0 Å². The third-order valence-electron chi connectivity index (χ3n) is 0. The summed E-state index contributed by atoms with van der Waals surface area (Å²) < 4.78 is -1.22. The maximum absolute atomic E-state index is 3.90. The predicted molar refractivity (Wildman–Crippen MR) is 64.2 cm³/mol. The summed E-state index contributed by atoms with van der Waals surface area (Å²) >= 11 is 7.23. The van der Waals surface area contributed by atoms with Crippen LogP contribution in [0.25, 0.3) is 0 Å². The van der Waals surface area contributed by atoms with Crippen LogP contribution in [0.15, 0.2) is 0 Å². The van der Waals surface area contributed by atoms with Crippen molar-refractivity contribution in [1.29, 1.82) is 0 Å². The van der Waals surface area contributed by atoms with Gasteiger partial charge < -0.3 is 5.32 Å². The van der Waals surface area contributed by atoms with E-state index in [2.05, 4.69) is 70.5 Å². The number of rotatable bonds is 0. The van der Waals surface area contributed by atoms with Crippen LogP contribution in [0, 0.1) is 0 Å². The molecule has 0 heterocycles. The van der Waals surface area contributed by atoms with Crippen molar-refractivity contribution in [2.75, 3.05) is 14.1 Å². The van der Waals surface area contributed by atoms with E-state index in [1.807, 2.05) is 14.1 Å². The quantitative estimate of drug-likeness (QED) is 0.515. The second-order valence-corrected chi connectivity index (χ2v) is 46.0. The zero-order valence-electron chi connectivity index (χ0n) is 4.79. The Labute approximate surface area is 86.1 Å². The van der Waals surface area contributed by atoms with E-state index in [-0.39, 0.29) is 0 Å². The Hall–Kier alpha value is 2.60. The van der Waals surface area contributed by atoms with E-state index in [4.69, 9.17) is 0 Å². The Bertz CT molecular complexity index is 70.3. The average molecular weight is 491 g/mol. The first-order valence-electron chi connectivity index (χ1n) is 1.82. The van der Waals surface area contributed by atoms with Crippen molar-refractivity contribution < 1.29 is 3.34 Å². The first-order valence-corrected chi connectivity index (χ1v) is 16.3. The van der Waals surface area contributed by atoms with Gasteiger partial charge in [0.15, 0.2) is 0 Å². The predicted octanol–water partition coefficient (Wildman–Crippen LogP) is 2.46. The van der Waals surface area contributed by atoms with Crippen LogP contribution in [-0.4, -0.2) is 19.3 Å². The van der Waals surface area contributed by atoms with Crippen LogP contribution in [0.5, 0.6) is 0 Å². The molecule has 1 N–H and O–H groups in total. The Morgan fingerprint density at radius 1 is 1.25 bits per heavy atom. The molecule has 0 saturated carbocycles. The number of hydrogen-bond donors (Lipinski definition) is 1. The monoisotopic (exact) mass is 491 g/mol. The molecule has 0 aromatic rings. The molecule has 0 aromatic heterocycles.